The van der Waals surface area contributed by atoms with Crippen LogP contribution in [0, 0.1) is 17.8 Å². The Morgan fingerprint density at radius 3 is 0.614 bits per heavy atom. The second-order valence-corrected chi connectivity index (χ2v) is 18.0. The third kappa shape index (κ3) is 32.9. The highest BCUT2D eigenvalue weighted by Crippen LogP contribution is 2.36. The van der Waals surface area contributed by atoms with Crippen molar-refractivity contribution in [3.05, 3.63) is 0 Å². The Hall–Kier alpha value is -1.59. The fraction of sp³-hybridized carbons (Fsp3) is 0.941. The second kappa shape index (κ2) is 41.2. The lowest BCUT2D eigenvalue weighted by atomic mass is 9.75. The molecule has 0 saturated heterocycles. The molecule has 0 amide bonds. The maximum atomic E-state index is 13.3. The average Bonchev–Trinajstić information content (AvgIpc) is 3.22. The van der Waals surface area contributed by atoms with Crippen molar-refractivity contribution in [2.45, 2.75) is 271 Å². The summed E-state index contributed by atoms with van der Waals surface area (Å²) in [4.78, 5) is 39.8. The van der Waals surface area contributed by atoms with Crippen molar-refractivity contribution in [1.29, 1.82) is 0 Å². The van der Waals surface area contributed by atoms with Gasteiger partial charge in [0, 0.05) is 0 Å². The smallest absolute Gasteiger partial charge is 0.308 e. The zero-order valence-corrected chi connectivity index (χ0v) is 38.4. The van der Waals surface area contributed by atoms with Crippen LogP contribution in [0.2, 0.25) is 0 Å². The maximum absolute atomic E-state index is 13.3. The van der Waals surface area contributed by atoms with Gasteiger partial charge >= 0.3 is 17.9 Å². The first-order valence-corrected chi connectivity index (χ1v) is 25.5. The molecule has 336 valence electrons. The molecule has 0 bridgehead atoms. The number of unbranched alkanes of at least 4 members (excludes halogenated alkanes) is 33. The lowest BCUT2D eigenvalue weighted by Gasteiger charge is -2.31. The third-order valence-corrected chi connectivity index (χ3v) is 12.4. The molecule has 0 atom stereocenters. The third-order valence-electron chi connectivity index (χ3n) is 12.4. The van der Waals surface area contributed by atoms with Crippen LogP contribution in [-0.2, 0) is 28.6 Å². The van der Waals surface area contributed by atoms with E-state index in [9.17, 15) is 14.4 Å². The minimum Gasteiger partial charge on any atom is -0.465 e. The van der Waals surface area contributed by atoms with Crippen LogP contribution in [0.25, 0.3) is 0 Å². The van der Waals surface area contributed by atoms with Crippen LogP contribution in [0.3, 0.4) is 0 Å². The Morgan fingerprint density at radius 2 is 0.439 bits per heavy atom. The molecule has 0 aromatic rings. The average molecular weight is 805 g/mol. The first kappa shape index (κ1) is 53.4. The van der Waals surface area contributed by atoms with Crippen molar-refractivity contribution < 1.29 is 28.6 Å². The van der Waals surface area contributed by atoms with Gasteiger partial charge in [-0.3, -0.25) is 14.4 Å². The van der Waals surface area contributed by atoms with E-state index in [-0.39, 0.29) is 17.9 Å². The zero-order chi connectivity index (χ0) is 41.3. The summed E-state index contributed by atoms with van der Waals surface area (Å²) in [7, 11) is 0. The lowest BCUT2D eigenvalue weighted by Crippen LogP contribution is -2.37. The molecule has 1 aliphatic carbocycles. The quantitative estimate of drug-likeness (QED) is 0.0347. The molecule has 0 unspecified atom stereocenters. The predicted octanol–water partition coefficient (Wildman–Crippen LogP) is 15.8. The van der Waals surface area contributed by atoms with Crippen LogP contribution in [0.4, 0.5) is 0 Å². The molecule has 0 N–H and O–H groups in total. The zero-order valence-electron chi connectivity index (χ0n) is 38.4. The molecule has 0 aliphatic heterocycles. The summed E-state index contributed by atoms with van der Waals surface area (Å²) in [6.07, 6.45) is 46.6. The molecular weight excluding hydrogens is 709 g/mol. The Morgan fingerprint density at radius 1 is 0.281 bits per heavy atom. The van der Waals surface area contributed by atoms with Crippen LogP contribution in [-0.4, -0.2) is 37.7 Å². The summed E-state index contributed by atoms with van der Waals surface area (Å²) in [5.74, 6) is -2.21. The molecule has 1 fully saturated rings. The highest BCUT2D eigenvalue weighted by molar-refractivity contribution is 5.80. The molecule has 0 spiro atoms. The van der Waals surface area contributed by atoms with E-state index in [0.29, 0.717) is 39.1 Å². The summed E-state index contributed by atoms with van der Waals surface area (Å²) >= 11 is 0. The van der Waals surface area contributed by atoms with Crippen molar-refractivity contribution in [2.24, 2.45) is 17.8 Å². The van der Waals surface area contributed by atoms with E-state index in [0.717, 1.165) is 38.5 Å². The molecule has 1 rings (SSSR count). The molecule has 0 aromatic carbocycles. The van der Waals surface area contributed by atoms with E-state index >= 15 is 0 Å². The van der Waals surface area contributed by atoms with Gasteiger partial charge in [0.15, 0.2) is 0 Å². The maximum Gasteiger partial charge on any atom is 0.308 e. The topological polar surface area (TPSA) is 78.9 Å². The number of rotatable bonds is 42. The summed E-state index contributed by atoms with van der Waals surface area (Å²) in [5.41, 5.74) is 0. The van der Waals surface area contributed by atoms with Crippen molar-refractivity contribution in [3.63, 3.8) is 0 Å². The molecule has 57 heavy (non-hydrogen) atoms. The van der Waals surface area contributed by atoms with Gasteiger partial charge in [0.2, 0.25) is 0 Å². The molecule has 6 nitrogen and oxygen atoms in total. The van der Waals surface area contributed by atoms with Gasteiger partial charge in [0.05, 0.1) is 37.6 Å². The molecular formula is C51H96O6. The molecule has 1 saturated carbocycles. The van der Waals surface area contributed by atoms with E-state index in [1.165, 1.54) is 193 Å². The fourth-order valence-corrected chi connectivity index (χ4v) is 8.60. The van der Waals surface area contributed by atoms with Gasteiger partial charge in [-0.2, -0.15) is 0 Å². The molecule has 6 heteroatoms. The Balaban J connectivity index is 2.40. The Labute approximate surface area is 354 Å². The summed E-state index contributed by atoms with van der Waals surface area (Å²) < 4.78 is 17.3. The largest absolute Gasteiger partial charge is 0.465 e. The van der Waals surface area contributed by atoms with E-state index in [1.807, 2.05) is 0 Å². The van der Waals surface area contributed by atoms with Gasteiger partial charge in [0.1, 0.15) is 0 Å². The van der Waals surface area contributed by atoms with Gasteiger partial charge in [-0.25, -0.2) is 0 Å². The summed E-state index contributed by atoms with van der Waals surface area (Å²) in [6, 6.07) is 0. The van der Waals surface area contributed by atoms with Gasteiger partial charge in [-0.15, -0.1) is 0 Å². The SMILES string of the molecule is CCCCCCCCCCCCCCOC(=O)C1CC(C(=O)OCCCCCCCCCCCCCC)CC(C(=O)OCCCCCCCCCCCCCC)C1. The van der Waals surface area contributed by atoms with Crippen LogP contribution in [0.5, 0.6) is 0 Å². The lowest BCUT2D eigenvalue weighted by molar-refractivity contribution is -0.161. The van der Waals surface area contributed by atoms with Crippen molar-refractivity contribution in [2.75, 3.05) is 19.8 Å². The first-order chi connectivity index (χ1) is 28.0. The first-order valence-electron chi connectivity index (χ1n) is 25.5. The van der Waals surface area contributed by atoms with Crippen molar-refractivity contribution in [1.82, 2.24) is 0 Å². The Bertz CT molecular complexity index is 784. The minimum atomic E-state index is -0.468. The van der Waals surface area contributed by atoms with Crippen LogP contribution in [0.1, 0.15) is 271 Å². The van der Waals surface area contributed by atoms with E-state index < -0.39 is 17.8 Å². The highest BCUT2D eigenvalue weighted by Gasteiger charge is 2.41. The van der Waals surface area contributed by atoms with E-state index in [1.54, 1.807) is 0 Å². The standard InChI is InChI=1S/C51H96O6/c1-4-7-10-13-16-19-22-25-28-31-34-37-40-55-49(52)46-43-47(50(53)56-41-38-35-32-29-26-23-20-17-14-11-8-5-2)45-48(44-46)51(54)57-42-39-36-33-30-27-24-21-18-15-12-9-6-3/h46-48H,4-45H2,1-3H3. The molecule has 0 radical (unpaired) electrons. The normalized spacial score (nSPS) is 16.8. The van der Waals surface area contributed by atoms with Crippen LogP contribution in [0.15, 0.2) is 0 Å². The number of hydrogen-bond donors (Lipinski definition) is 0. The molecule has 0 aromatic heterocycles. The van der Waals surface area contributed by atoms with Gasteiger partial charge in [-0.05, 0) is 38.5 Å². The Kier molecular flexibility index (Phi) is 38.6. The fourth-order valence-electron chi connectivity index (χ4n) is 8.60. The van der Waals surface area contributed by atoms with Gasteiger partial charge in [0.25, 0.3) is 0 Å². The van der Waals surface area contributed by atoms with Crippen molar-refractivity contribution in [3.8, 4) is 0 Å². The summed E-state index contributed by atoms with van der Waals surface area (Å²) in [6.45, 7) is 8.03. The number of esters is 3. The van der Waals surface area contributed by atoms with Crippen LogP contribution < -0.4 is 0 Å². The summed E-state index contributed by atoms with van der Waals surface area (Å²) in [5, 5.41) is 0. The minimum absolute atomic E-state index is 0.268. The van der Waals surface area contributed by atoms with E-state index in [2.05, 4.69) is 20.8 Å². The number of ether oxygens (including phenoxy) is 3. The van der Waals surface area contributed by atoms with Gasteiger partial charge in [-0.1, -0.05) is 233 Å². The monoisotopic (exact) mass is 805 g/mol. The van der Waals surface area contributed by atoms with E-state index in [4.69, 9.17) is 14.2 Å². The number of carbonyl (C=O) groups excluding carboxylic acids is 3. The highest BCUT2D eigenvalue weighted by atomic mass is 16.5. The number of carbonyl (C=O) groups is 3. The van der Waals surface area contributed by atoms with Crippen molar-refractivity contribution >= 4 is 17.9 Å². The number of hydrogen-bond acceptors (Lipinski definition) is 6. The molecule has 0 heterocycles. The molecule has 1 aliphatic rings. The van der Waals surface area contributed by atoms with Crippen LogP contribution >= 0.6 is 0 Å². The second-order valence-electron chi connectivity index (χ2n) is 18.0. The van der Waals surface area contributed by atoms with Gasteiger partial charge < -0.3 is 14.2 Å². The predicted molar refractivity (Wildman–Crippen MR) is 240 cm³/mol.